The summed E-state index contributed by atoms with van der Waals surface area (Å²) in [6.45, 7) is 2.20. The van der Waals surface area contributed by atoms with Gasteiger partial charge in [0.15, 0.2) is 0 Å². The zero-order chi connectivity index (χ0) is 13.4. The fourth-order valence-electron chi connectivity index (χ4n) is 3.86. The molecular formula is C16H25NOS. The second kappa shape index (κ2) is 5.55. The van der Waals surface area contributed by atoms with Crippen LogP contribution in [0.1, 0.15) is 42.4 Å². The Kier molecular flexibility index (Phi) is 3.97. The van der Waals surface area contributed by atoms with Crippen LogP contribution < -0.4 is 0 Å². The summed E-state index contributed by atoms with van der Waals surface area (Å²) in [5.41, 5.74) is 0. The lowest BCUT2D eigenvalue weighted by atomic mass is 9.85. The van der Waals surface area contributed by atoms with E-state index >= 15 is 0 Å². The number of aliphatic hydroxyl groups excluding tert-OH is 1. The van der Waals surface area contributed by atoms with Crippen LogP contribution in [0.15, 0.2) is 12.1 Å². The Morgan fingerprint density at radius 1 is 1.26 bits per heavy atom. The first kappa shape index (κ1) is 13.6. The smallest absolute Gasteiger partial charge is 0.0617 e. The maximum absolute atomic E-state index is 10.5. The molecular weight excluding hydrogens is 254 g/mol. The van der Waals surface area contributed by atoms with Crippen LogP contribution in [0.5, 0.6) is 0 Å². The van der Waals surface area contributed by atoms with Crippen LogP contribution >= 0.6 is 11.3 Å². The predicted octanol–water partition coefficient (Wildman–Crippen LogP) is 3.09. The molecule has 3 heterocycles. The molecule has 106 valence electrons. The van der Waals surface area contributed by atoms with Gasteiger partial charge in [0.2, 0.25) is 0 Å². The lowest BCUT2D eigenvalue weighted by molar-refractivity contribution is 0.0372. The predicted molar refractivity (Wildman–Crippen MR) is 80.7 cm³/mol. The second-order valence-electron chi connectivity index (χ2n) is 6.27. The maximum atomic E-state index is 10.5. The van der Waals surface area contributed by atoms with Crippen LogP contribution in [0.2, 0.25) is 0 Å². The summed E-state index contributed by atoms with van der Waals surface area (Å²) in [6.07, 6.45) is 6.89. The van der Waals surface area contributed by atoms with E-state index in [1.165, 1.54) is 35.4 Å². The van der Waals surface area contributed by atoms with Crippen LogP contribution in [-0.2, 0) is 12.8 Å². The van der Waals surface area contributed by atoms with Crippen LogP contribution in [0.25, 0.3) is 0 Å². The van der Waals surface area contributed by atoms with E-state index in [1.54, 1.807) is 0 Å². The van der Waals surface area contributed by atoms with E-state index in [0.29, 0.717) is 5.92 Å². The molecule has 3 rings (SSSR count). The van der Waals surface area contributed by atoms with Crippen molar-refractivity contribution >= 4 is 11.3 Å². The number of hydrogen-bond donors (Lipinski definition) is 1. The van der Waals surface area contributed by atoms with Crippen LogP contribution in [-0.4, -0.2) is 35.2 Å². The monoisotopic (exact) mass is 279 g/mol. The van der Waals surface area contributed by atoms with Gasteiger partial charge >= 0.3 is 0 Å². The zero-order valence-electron chi connectivity index (χ0n) is 12.0. The molecule has 0 amide bonds. The average Bonchev–Trinajstić information content (AvgIpc) is 2.91. The normalized spacial score (nSPS) is 32.7. The number of fused-ring (bicyclic) bond motifs is 2. The molecule has 0 radical (unpaired) electrons. The first-order valence-corrected chi connectivity index (χ1v) is 8.46. The van der Waals surface area contributed by atoms with Gasteiger partial charge in [0.1, 0.15) is 0 Å². The van der Waals surface area contributed by atoms with E-state index in [4.69, 9.17) is 0 Å². The highest BCUT2D eigenvalue weighted by Crippen LogP contribution is 2.39. The van der Waals surface area contributed by atoms with Crippen molar-refractivity contribution in [3.05, 3.63) is 21.9 Å². The molecule has 0 spiro atoms. The Morgan fingerprint density at radius 3 is 2.47 bits per heavy atom. The van der Waals surface area contributed by atoms with Gasteiger partial charge < -0.3 is 10.0 Å². The van der Waals surface area contributed by atoms with Crippen molar-refractivity contribution in [2.24, 2.45) is 5.92 Å². The number of nitrogens with zero attached hydrogens (tertiary/aromatic N) is 1. The van der Waals surface area contributed by atoms with Crippen molar-refractivity contribution in [1.29, 1.82) is 0 Å². The SMILES string of the molecule is CCc1ccc(CC(O)C2CC3CCC(C2)N3C)s1. The molecule has 3 atom stereocenters. The van der Waals surface area contributed by atoms with Gasteiger partial charge in [0, 0.05) is 28.3 Å². The van der Waals surface area contributed by atoms with Crippen LogP contribution in [0, 0.1) is 5.92 Å². The summed E-state index contributed by atoms with van der Waals surface area (Å²) in [5.74, 6) is 0.515. The minimum Gasteiger partial charge on any atom is -0.392 e. The number of aliphatic hydroxyl groups is 1. The fourth-order valence-corrected chi connectivity index (χ4v) is 4.87. The van der Waals surface area contributed by atoms with E-state index in [-0.39, 0.29) is 6.10 Å². The topological polar surface area (TPSA) is 23.5 Å². The molecule has 2 bridgehead atoms. The number of hydrogen-bond acceptors (Lipinski definition) is 3. The number of thiophene rings is 1. The first-order chi connectivity index (χ1) is 9.17. The standard InChI is InChI=1S/C16H25NOS/c1-3-14-6-7-15(19-14)10-16(18)11-8-12-4-5-13(9-11)17(12)2/h6-7,11-13,16,18H,3-5,8-10H2,1-2H3. The van der Waals surface area contributed by atoms with Crippen molar-refractivity contribution in [3.8, 4) is 0 Å². The van der Waals surface area contributed by atoms with E-state index in [0.717, 1.165) is 24.9 Å². The quantitative estimate of drug-likeness (QED) is 0.915. The van der Waals surface area contributed by atoms with Gasteiger partial charge in [-0.3, -0.25) is 0 Å². The number of aryl methyl sites for hydroxylation is 1. The highest BCUT2D eigenvalue weighted by molar-refractivity contribution is 7.11. The molecule has 1 aromatic heterocycles. The Morgan fingerprint density at radius 2 is 1.89 bits per heavy atom. The molecule has 3 unspecified atom stereocenters. The van der Waals surface area contributed by atoms with Gasteiger partial charge in [-0.05, 0) is 57.2 Å². The minimum absolute atomic E-state index is 0.139. The lowest BCUT2D eigenvalue weighted by Gasteiger charge is -2.38. The lowest BCUT2D eigenvalue weighted by Crippen LogP contribution is -2.43. The molecule has 2 nitrogen and oxygen atoms in total. The van der Waals surface area contributed by atoms with Gasteiger partial charge in [-0.2, -0.15) is 0 Å². The number of rotatable bonds is 4. The summed E-state index contributed by atoms with van der Waals surface area (Å²) >= 11 is 1.87. The summed E-state index contributed by atoms with van der Waals surface area (Å²) in [5, 5.41) is 10.5. The third kappa shape index (κ3) is 2.74. The number of piperidine rings is 1. The molecule has 2 saturated heterocycles. The molecule has 2 aliphatic rings. The van der Waals surface area contributed by atoms with E-state index < -0.39 is 0 Å². The van der Waals surface area contributed by atoms with Gasteiger partial charge in [0.05, 0.1) is 6.10 Å². The Bertz CT molecular complexity index is 416. The average molecular weight is 279 g/mol. The van der Waals surface area contributed by atoms with Crippen LogP contribution in [0.3, 0.4) is 0 Å². The first-order valence-electron chi connectivity index (χ1n) is 7.65. The molecule has 1 N–H and O–H groups in total. The third-order valence-corrected chi connectivity index (χ3v) is 6.41. The van der Waals surface area contributed by atoms with E-state index in [1.807, 2.05) is 11.3 Å². The van der Waals surface area contributed by atoms with Crippen molar-refractivity contribution in [1.82, 2.24) is 4.90 Å². The Balaban J connectivity index is 1.60. The molecule has 0 aromatic carbocycles. The molecule has 2 aliphatic heterocycles. The Labute approximate surface area is 120 Å². The van der Waals surface area contributed by atoms with Crippen molar-refractivity contribution in [2.45, 2.75) is 63.6 Å². The largest absolute Gasteiger partial charge is 0.392 e. The fraction of sp³-hybridized carbons (Fsp3) is 0.750. The summed E-state index contributed by atoms with van der Waals surface area (Å²) < 4.78 is 0. The third-order valence-electron chi connectivity index (χ3n) is 5.15. The van der Waals surface area contributed by atoms with Gasteiger partial charge in [0.25, 0.3) is 0 Å². The molecule has 0 aliphatic carbocycles. The van der Waals surface area contributed by atoms with E-state index in [2.05, 4.69) is 31.0 Å². The van der Waals surface area contributed by atoms with Crippen molar-refractivity contribution < 1.29 is 5.11 Å². The highest BCUT2D eigenvalue weighted by atomic mass is 32.1. The Hall–Kier alpha value is -0.380. The minimum atomic E-state index is -0.139. The highest BCUT2D eigenvalue weighted by Gasteiger charge is 2.40. The molecule has 3 heteroatoms. The van der Waals surface area contributed by atoms with Gasteiger partial charge in [-0.15, -0.1) is 11.3 Å². The summed E-state index contributed by atoms with van der Waals surface area (Å²) in [6, 6.07) is 5.88. The second-order valence-corrected chi connectivity index (χ2v) is 7.53. The summed E-state index contributed by atoms with van der Waals surface area (Å²) in [7, 11) is 2.26. The maximum Gasteiger partial charge on any atom is 0.0617 e. The van der Waals surface area contributed by atoms with Crippen molar-refractivity contribution in [2.75, 3.05) is 7.05 Å². The van der Waals surface area contributed by atoms with Crippen LogP contribution in [0.4, 0.5) is 0 Å². The molecule has 19 heavy (non-hydrogen) atoms. The molecule has 0 saturated carbocycles. The molecule has 1 aromatic rings. The van der Waals surface area contributed by atoms with Crippen molar-refractivity contribution in [3.63, 3.8) is 0 Å². The zero-order valence-corrected chi connectivity index (χ0v) is 12.8. The van der Waals surface area contributed by atoms with Gasteiger partial charge in [-0.25, -0.2) is 0 Å². The summed E-state index contributed by atoms with van der Waals surface area (Å²) in [4.78, 5) is 5.34. The van der Waals surface area contributed by atoms with E-state index in [9.17, 15) is 5.11 Å². The molecule has 2 fully saturated rings. The van der Waals surface area contributed by atoms with Gasteiger partial charge in [-0.1, -0.05) is 6.92 Å².